The Morgan fingerprint density at radius 1 is 1.53 bits per heavy atom. The van der Waals surface area contributed by atoms with Gasteiger partial charge in [-0.1, -0.05) is 11.6 Å². The molecule has 0 bridgehead atoms. The Labute approximate surface area is 90.8 Å². The fraction of sp³-hybridized carbons (Fsp3) is 0.200. The molecule has 0 spiro atoms. The maximum absolute atomic E-state index is 11.5. The van der Waals surface area contributed by atoms with Crippen molar-refractivity contribution in [3.8, 4) is 5.75 Å². The molecule has 1 aromatic carbocycles. The highest BCUT2D eigenvalue weighted by atomic mass is 35.5. The van der Waals surface area contributed by atoms with E-state index in [9.17, 15) is 4.79 Å². The summed E-state index contributed by atoms with van der Waals surface area (Å²) in [7, 11) is 0. The summed E-state index contributed by atoms with van der Waals surface area (Å²) in [5.74, 6) is 0.699. The number of ether oxygens (including phenoxy) is 1. The number of aromatic nitrogens is 2. The van der Waals surface area contributed by atoms with Crippen molar-refractivity contribution >= 4 is 22.5 Å². The fourth-order valence-electron chi connectivity index (χ4n) is 1.34. The molecule has 78 valence electrons. The molecular formula is C10H9ClN2O2. The molecule has 4 nitrogen and oxygen atoms in total. The maximum atomic E-state index is 11.5. The highest BCUT2D eigenvalue weighted by molar-refractivity contribution is 6.29. The quantitative estimate of drug-likeness (QED) is 0.849. The third kappa shape index (κ3) is 1.80. The number of nitrogens with one attached hydrogen (secondary N) is 1. The lowest BCUT2D eigenvalue weighted by Gasteiger charge is -2.03. The smallest absolute Gasteiger partial charge is 0.226 e. The topological polar surface area (TPSA) is 55.0 Å². The Bertz CT molecular complexity index is 551. The summed E-state index contributed by atoms with van der Waals surface area (Å²) < 4.78 is 5.30. The van der Waals surface area contributed by atoms with E-state index in [2.05, 4.69) is 10.2 Å². The van der Waals surface area contributed by atoms with Crippen LogP contribution >= 0.6 is 11.6 Å². The first kappa shape index (κ1) is 9.98. The van der Waals surface area contributed by atoms with Gasteiger partial charge in [0, 0.05) is 6.07 Å². The number of hydrogen-bond donors (Lipinski definition) is 1. The van der Waals surface area contributed by atoms with Gasteiger partial charge in [0.1, 0.15) is 5.75 Å². The molecule has 0 atom stereocenters. The normalized spacial score (nSPS) is 10.5. The summed E-state index contributed by atoms with van der Waals surface area (Å²) in [4.78, 5) is 11.5. The molecular weight excluding hydrogens is 216 g/mol. The first-order valence-corrected chi connectivity index (χ1v) is 4.91. The van der Waals surface area contributed by atoms with Gasteiger partial charge in [-0.15, -0.1) is 0 Å². The largest absolute Gasteiger partial charge is 0.494 e. The van der Waals surface area contributed by atoms with Crippen LogP contribution in [-0.2, 0) is 0 Å². The number of benzene rings is 1. The minimum Gasteiger partial charge on any atom is -0.494 e. The molecule has 5 heteroatoms. The SMILES string of the molecule is CCOc1ccc2c(=O)c(Cl)n[nH]c2c1. The molecule has 15 heavy (non-hydrogen) atoms. The van der Waals surface area contributed by atoms with Crippen LogP contribution in [0.1, 0.15) is 6.92 Å². The molecule has 0 aliphatic carbocycles. The molecule has 0 amide bonds. The fourth-order valence-corrected chi connectivity index (χ4v) is 1.49. The van der Waals surface area contributed by atoms with E-state index in [0.29, 0.717) is 23.3 Å². The van der Waals surface area contributed by atoms with Crippen molar-refractivity contribution in [3.05, 3.63) is 33.6 Å². The van der Waals surface area contributed by atoms with Crippen LogP contribution in [0.15, 0.2) is 23.0 Å². The molecule has 1 N–H and O–H groups in total. The van der Waals surface area contributed by atoms with Crippen LogP contribution < -0.4 is 10.2 Å². The Balaban J connectivity index is 2.65. The second-order valence-corrected chi connectivity index (χ2v) is 3.34. The number of nitrogens with zero attached hydrogens (tertiary/aromatic N) is 1. The van der Waals surface area contributed by atoms with Crippen LogP contribution in [0.5, 0.6) is 5.75 Å². The standard InChI is InChI=1S/C10H9ClN2O2/c1-2-15-6-3-4-7-8(5-6)12-13-10(11)9(7)14/h3-5H,2H2,1H3,(H,12,14). The molecule has 2 aromatic rings. The predicted molar refractivity (Wildman–Crippen MR) is 58.5 cm³/mol. The van der Waals surface area contributed by atoms with Gasteiger partial charge in [0.2, 0.25) is 5.43 Å². The molecule has 1 aromatic heterocycles. The molecule has 0 aliphatic rings. The van der Waals surface area contributed by atoms with E-state index in [0.717, 1.165) is 0 Å². The van der Waals surface area contributed by atoms with E-state index in [1.54, 1.807) is 18.2 Å². The number of hydrogen-bond acceptors (Lipinski definition) is 3. The first-order valence-electron chi connectivity index (χ1n) is 4.53. The minimum atomic E-state index is -0.270. The van der Waals surface area contributed by atoms with Crippen LogP contribution in [0.3, 0.4) is 0 Å². The monoisotopic (exact) mass is 224 g/mol. The van der Waals surface area contributed by atoms with Gasteiger partial charge in [-0.2, -0.15) is 5.10 Å². The number of aromatic amines is 1. The summed E-state index contributed by atoms with van der Waals surface area (Å²) in [6.07, 6.45) is 0. The number of H-pyrrole nitrogens is 1. The maximum Gasteiger partial charge on any atom is 0.226 e. The summed E-state index contributed by atoms with van der Waals surface area (Å²) in [5.41, 5.74) is 0.351. The Morgan fingerprint density at radius 2 is 2.33 bits per heavy atom. The van der Waals surface area contributed by atoms with Crippen molar-refractivity contribution in [2.75, 3.05) is 6.61 Å². The van der Waals surface area contributed by atoms with Gasteiger partial charge < -0.3 is 4.74 Å². The molecule has 0 saturated heterocycles. The Morgan fingerprint density at radius 3 is 3.07 bits per heavy atom. The van der Waals surface area contributed by atoms with Gasteiger partial charge in [0.15, 0.2) is 5.15 Å². The molecule has 0 aliphatic heterocycles. The van der Waals surface area contributed by atoms with E-state index < -0.39 is 0 Å². The van der Waals surface area contributed by atoms with Crippen LogP contribution in [-0.4, -0.2) is 16.8 Å². The highest BCUT2D eigenvalue weighted by Gasteiger charge is 2.04. The Kier molecular flexibility index (Phi) is 2.60. The minimum absolute atomic E-state index is 0.0494. The zero-order chi connectivity index (χ0) is 10.8. The van der Waals surface area contributed by atoms with Crippen molar-refractivity contribution in [3.63, 3.8) is 0 Å². The second kappa shape index (κ2) is 3.90. The molecule has 1 heterocycles. The number of rotatable bonds is 2. The molecule has 0 saturated carbocycles. The van der Waals surface area contributed by atoms with E-state index >= 15 is 0 Å². The molecule has 0 radical (unpaired) electrons. The lowest BCUT2D eigenvalue weighted by molar-refractivity contribution is 0.340. The van der Waals surface area contributed by atoms with Crippen LogP contribution in [0, 0.1) is 0 Å². The van der Waals surface area contributed by atoms with Crippen molar-refractivity contribution in [2.24, 2.45) is 0 Å². The van der Waals surface area contributed by atoms with Crippen molar-refractivity contribution in [1.29, 1.82) is 0 Å². The van der Waals surface area contributed by atoms with Crippen LogP contribution in [0.25, 0.3) is 10.9 Å². The van der Waals surface area contributed by atoms with Gasteiger partial charge >= 0.3 is 0 Å². The van der Waals surface area contributed by atoms with Crippen LogP contribution in [0.4, 0.5) is 0 Å². The molecule has 0 unspecified atom stereocenters. The third-order valence-corrected chi connectivity index (χ3v) is 2.26. The molecule has 0 fully saturated rings. The van der Waals surface area contributed by atoms with Gasteiger partial charge in [-0.3, -0.25) is 9.89 Å². The molecule has 2 rings (SSSR count). The summed E-state index contributed by atoms with van der Waals surface area (Å²) in [6, 6.07) is 5.13. The van der Waals surface area contributed by atoms with Crippen molar-refractivity contribution in [2.45, 2.75) is 6.92 Å². The predicted octanol–water partition coefficient (Wildman–Crippen LogP) is 1.98. The van der Waals surface area contributed by atoms with Gasteiger partial charge in [0.05, 0.1) is 17.5 Å². The lowest BCUT2D eigenvalue weighted by Crippen LogP contribution is -2.06. The van der Waals surface area contributed by atoms with E-state index in [1.165, 1.54) is 0 Å². The number of fused-ring (bicyclic) bond motifs is 1. The highest BCUT2D eigenvalue weighted by Crippen LogP contribution is 2.17. The lowest BCUT2D eigenvalue weighted by atomic mass is 10.2. The van der Waals surface area contributed by atoms with Crippen LogP contribution in [0.2, 0.25) is 5.15 Å². The van der Waals surface area contributed by atoms with Crippen molar-refractivity contribution in [1.82, 2.24) is 10.2 Å². The summed E-state index contributed by atoms with van der Waals surface area (Å²) in [5, 5.41) is 6.84. The van der Waals surface area contributed by atoms with Gasteiger partial charge in [-0.25, -0.2) is 0 Å². The Hall–Kier alpha value is -1.55. The average molecular weight is 225 g/mol. The number of halogens is 1. The van der Waals surface area contributed by atoms with Gasteiger partial charge in [-0.05, 0) is 19.1 Å². The summed E-state index contributed by atoms with van der Waals surface area (Å²) in [6.45, 7) is 2.48. The van der Waals surface area contributed by atoms with Crippen molar-refractivity contribution < 1.29 is 4.74 Å². The van der Waals surface area contributed by atoms with E-state index in [-0.39, 0.29) is 10.6 Å². The van der Waals surface area contributed by atoms with Gasteiger partial charge in [0.25, 0.3) is 0 Å². The second-order valence-electron chi connectivity index (χ2n) is 2.98. The first-order chi connectivity index (χ1) is 7.22. The summed E-state index contributed by atoms with van der Waals surface area (Å²) >= 11 is 5.60. The zero-order valence-corrected chi connectivity index (χ0v) is 8.84. The van der Waals surface area contributed by atoms with E-state index in [4.69, 9.17) is 16.3 Å². The zero-order valence-electron chi connectivity index (χ0n) is 8.08. The van der Waals surface area contributed by atoms with E-state index in [1.807, 2.05) is 6.92 Å². The average Bonchev–Trinajstić information content (AvgIpc) is 2.24. The third-order valence-electron chi connectivity index (χ3n) is 2.01.